The highest BCUT2D eigenvalue weighted by atomic mass is 32.1. The third-order valence-corrected chi connectivity index (χ3v) is 6.50. The van der Waals surface area contributed by atoms with Gasteiger partial charge in [-0.05, 0) is 36.1 Å². The maximum Gasteiger partial charge on any atom is 0.282 e. The fourth-order valence-corrected chi connectivity index (χ4v) is 4.83. The summed E-state index contributed by atoms with van der Waals surface area (Å²) in [7, 11) is 0. The second-order valence-electron chi connectivity index (χ2n) is 7.46. The number of rotatable bonds is 4. The normalized spacial score (nSPS) is 17.1. The average Bonchev–Trinajstić information content (AvgIpc) is 3.41. The van der Waals surface area contributed by atoms with E-state index in [2.05, 4.69) is 14.9 Å². The van der Waals surface area contributed by atoms with E-state index >= 15 is 0 Å². The van der Waals surface area contributed by atoms with Crippen LogP contribution in [0, 0.1) is 6.92 Å². The minimum absolute atomic E-state index is 0.257. The lowest BCUT2D eigenvalue weighted by molar-refractivity contribution is -0.120. The van der Waals surface area contributed by atoms with Gasteiger partial charge in [0.15, 0.2) is 0 Å². The molecule has 8 heteroatoms. The van der Waals surface area contributed by atoms with Gasteiger partial charge in [-0.1, -0.05) is 24.3 Å². The molecule has 4 heterocycles. The molecule has 31 heavy (non-hydrogen) atoms. The van der Waals surface area contributed by atoms with Gasteiger partial charge in [-0.2, -0.15) is 0 Å². The Morgan fingerprint density at radius 2 is 1.55 bits per heavy atom. The molecule has 0 bridgehead atoms. The van der Waals surface area contributed by atoms with E-state index in [9.17, 15) is 9.59 Å². The minimum Gasteiger partial charge on any atom is -0.363 e. The number of imide groups is 1. The van der Waals surface area contributed by atoms with Gasteiger partial charge in [-0.15, -0.1) is 11.3 Å². The zero-order valence-corrected chi connectivity index (χ0v) is 17.9. The number of carbonyl (C=O) groups excluding carboxylic acids is 2. The zero-order valence-electron chi connectivity index (χ0n) is 17.1. The van der Waals surface area contributed by atoms with Crippen molar-refractivity contribution in [1.29, 1.82) is 0 Å². The molecule has 0 N–H and O–H groups in total. The van der Waals surface area contributed by atoms with Crippen LogP contribution in [-0.2, 0) is 9.59 Å². The highest BCUT2D eigenvalue weighted by Gasteiger charge is 2.43. The first-order chi connectivity index (χ1) is 15.1. The molecule has 2 amide bonds. The van der Waals surface area contributed by atoms with E-state index in [-0.39, 0.29) is 11.8 Å². The maximum absolute atomic E-state index is 13.6. The van der Waals surface area contributed by atoms with Crippen molar-refractivity contribution in [3.63, 3.8) is 0 Å². The molecule has 3 aromatic rings. The van der Waals surface area contributed by atoms with Crippen molar-refractivity contribution >= 4 is 40.4 Å². The number of aryl methyl sites for hydroxylation is 1. The molecule has 1 aromatic carbocycles. The first kappa shape index (κ1) is 19.4. The number of hydrogen-bond acceptors (Lipinski definition) is 7. The van der Waals surface area contributed by atoms with Gasteiger partial charge in [-0.25, -0.2) is 14.9 Å². The van der Waals surface area contributed by atoms with Gasteiger partial charge < -0.3 is 9.80 Å². The van der Waals surface area contributed by atoms with E-state index in [0.29, 0.717) is 49.1 Å². The summed E-state index contributed by atoms with van der Waals surface area (Å²) in [5.41, 5.74) is 2.51. The van der Waals surface area contributed by atoms with Crippen LogP contribution in [0.4, 0.5) is 11.6 Å². The van der Waals surface area contributed by atoms with Crippen LogP contribution in [0.1, 0.15) is 10.4 Å². The van der Waals surface area contributed by atoms with E-state index in [0.717, 1.165) is 10.4 Å². The van der Waals surface area contributed by atoms with Gasteiger partial charge >= 0.3 is 0 Å². The summed E-state index contributed by atoms with van der Waals surface area (Å²) in [6, 6.07) is 13.1. The standard InChI is InChI=1S/C23H21N5O2S/c1-16-6-2-3-7-17(16)28-21(29)19(18-8-4-15-31-18)20(22(28)30)26-11-13-27(14-12-26)23-24-9-5-10-25-23/h2-10,15H,11-14H2,1H3. The smallest absolute Gasteiger partial charge is 0.282 e. The molecule has 1 fully saturated rings. The monoisotopic (exact) mass is 431 g/mol. The van der Waals surface area contributed by atoms with Crippen molar-refractivity contribution in [1.82, 2.24) is 14.9 Å². The number of nitrogens with zero attached hydrogens (tertiary/aromatic N) is 5. The Balaban J connectivity index is 1.49. The molecule has 2 aromatic heterocycles. The fourth-order valence-electron chi connectivity index (χ4n) is 4.07. The molecule has 156 valence electrons. The number of benzene rings is 1. The van der Waals surface area contributed by atoms with Crippen LogP contribution in [0.3, 0.4) is 0 Å². The number of amides is 2. The van der Waals surface area contributed by atoms with Crippen LogP contribution < -0.4 is 9.80 Å². The second-order valence-corrected chi connectivity index (χ2v) is 8.40. The summed E-state index contributed by atoms with van der Waals surface area (Å²) < 4.78 is 0. The largest absolute Gasteiger partial charge is 0.363 e. The lowest BCUT2D eigenvalue weighted by Gasteiger charge is -2.36. The Kier molecular flexibility index (Phi) is 4.99. The Hall–Kier alpha value is -3.52. The average molecular weight is 432 g/mol. The fraction of sp³-hybridized carbons (Fsp3) is 0.217. The Labute approximate surface area is 184 Å². The molecule has 5 rings (SSSR count). The van der Waals surface area contributed by atoms with E-state index in [1.807, 2.05) is 53.6 Å². The molecule has 0 aliphatic carbocycles. The highest BCUT2D eigenvalue weighted by Crippen LogP contribution is 2.37. The van der Waals surface area contributed by atoms with Crippen molar-refractivity contribution in [2.75, 3.05) is 36.0 Å². The van der Waals surface area contributed by atoms with Crippen LogP contribution >= 0.6 is 11.3 Å². The van der Waals surface area contributed by atoms with Crippen molar-refractivity contribution in [2.45, 2.75) is 6.92 Å². The van der Waals surface area contributed by atoms with Gasteiger partial charge in [0.2, 0.25) is 5.95 Å². The molecule has 1 saturated heterocycles. The van der Waals surface area contributed by atoms with Crippen molar-refractivity contribution in [3.8, 4) is 0 Å². The van der Waals surface area contributed by atoms with Gasteiger partial charge in [0, 0.05) is 43.4 Å². The number of aromatic nitrogens is 2. The van der Waals surface area contributed by atoms with E-state index < -0.39 is 0 Å². The third-order valence-electron chi connectivity index (χ3n) is 5.61. The molecule has 0 atom stereocenters. The van der Waals surface area contributed by atoms with E-state index in [1.54, 1.807) is 18.5 Å². The van der Waals surface area contributed by atoms with Crippen LogP contribution in [0.15, 0.2) is 65.9 Å². The first-order valence-corrected chi connectivity index (χ1v) is 11.0. The number of para-hydroxylation sites is 1. The van der Waals surface area contributed by atoms with Crippen molar-refractivity contribution < 1.29 is 9.59 Å². The van der Waals surface area contributed by atoms with Gasteiger partial charge in [0.1, 0.15) is 5.70 Å². The van der Waals surface area contributed by atoms with Crippen LogP contribution in [0.25, 0.3) is 5.57 Å². The molecule has 7 nitrogen and oxygen atoms in total. The predicted molar refractivity (Wildman–Crippen MR) is 121 cm³/mol. The predicted octanol–water partition coefficient (Wildman–Crippen LogP) is 2.95. The number of carbonyl (C=O) groups is 2. The topological polar surface area (TPSA) is 69.6 Å². The van der Waals surface area contributed by atoms with E-state index in [4.69, 9.17) is 0 Å². The van der Waals surface area contributed by atoms with Gasteiger partial charge in [-0.3, -0.25) is 9.59 Å². The van der Waals surface area contributed by atoms with Crippen LogP contribution in [0.2, 0.25) is 0 Å². The molecule has 0 saturated carbocycles. The van der Waals surface area contributed by atoms with Crippen LogP contribution in [0.5, 0.6) is 0 Å². The number of thiophene rings is 1. The SMILES string of the molecule is Cc1ccccc1N1C(=O)C(c2cccs2)=C(N2CCN(c3ncccn3)CC2)C1=O. The molecule has 0 spiro atoms. The molecular weight excluding hydrogens is 410 g/mol. The zero-order chi connectivity index (χ0) is 21.4. The lowest BCUT2D eigenvalue weighted by Crippen LogP contribution is -2.48. The Morgan fingerprint density at radius 3 is 2.23 bits per heavy atom. The minimum atomic E-state index is -0.259. The summed E-state index contributed by atoms with van der Waals surface area (Å²) in [5.74, 6) is 0.169. The van der Waals surface area contributed by atoms with Crippen molar-refractivity contribution in [3.05, 3.63) is 76.4 Å². The summed E-state index contributed by atoms with van der Waals surface area (Å²) >= 11 is 1.48. The number of piperazine rings is 1. The molecule has 0 radical (unpaired) electrons. The summed E-state index contributed by atoms with van der Waals surface area (Å²) in [5, 5.41) is 1.93. The number of hydrogen-bond donors (Lipinski definition) is 0. The summed E-state index contributed by atoms with van der Waals surface area (Å²) in [6.07, 6.45) is 3.46. The van der Waals surface area contributed by atoms with Gasteiger partial charge in [0.05, 0.1) is 11.3 Å². The Bertz CT molecular complexity index is 1150. The third kappa shape index (κ3) is 3.38. The summed E-state index contributed by atoms with van der Waals surface area (Å²) in [6.45, 7) is 4.50. The molecule has 2 aliphatic heterocycles. The van der Waals surface area contributed by atoms with Crippen LogP contribution in [-0.4, -0.2) is 52.9 Å². The molecular formula is C23H21N5O2S. The quantitative estimate of drug-likeness (QED) is 0.592. The second kappa shape index (κ2) is 7.96. The molecule has 2 aliphatic rings. The first-order valence-electron chi connectivity index (χ1n) is 10.1. The van der Waals surface area contributed by atoms with Crippen molar-refractivity contribution in [2.24, 2.45) is 0 Å². The highest BCUT2D eigenvalue weighted by molar-refractivity contribution is 7.11. The Morgan fingerprint density at radius 1 is 0.839 bits per heavy atom. The lowest BCUT2D eigenvalue weighted by atomic mass is 10.1. The molecule has 0 unspecified atom stereocenters. The van der Waals surface area contributed by atoms with Gasteiger partial charge in [0.25, 0.3) is 11.8 Å². The van der Waals surface area contributed by atoms with E-state index in [1.165, 1.54) is 16.2 Å². The summed E-state index contributed by atoms with van der Waals surface area (Å²) in [4.78, 5) is 42.0. The number of anilines is 2. The maximum atomic E-state index is 13.6.